The molecule has 1 aromatic heterocycles. The zero-order valence-corrected chi connectivity index (χ0v) is 9.95. The Kier molecular flexibility index (Phi) is 3.11. The van der Waals surface area contributed by atoms with Crippen LogP contribution in [0.15, 0.2) is 45.7 Å². The van der Waals surface area contributed by atoms with E-state index < -0.39 is 0 Å². The van der Waals surface area contributed by atoms with Gasteiger partial charge in [-0.3, -0.25) is 0 Å². The summed E-state index contributed by atoms with van der Waals surface area (Å²) in [5.74, 6) is 0.902. The van der Waals surface area contributed by atoms with Gasteiger partial charge in [-0.05, 0) is 36.8 Å². The third kappa shape index (κ3) is 2.63. The number of hydrogen-bond acceptors (Lipinski definition) is 2. The second-order valence-electron chi connectivity index (χ2n) is 3.33. The molecule has 1 aromatic carbocycles. The lowest BCUT2D eigenvalue weighted by Gasteiger charge is -2.07. The van der Waals surface area contributed by atoms with Gasteiger partial charge >= 0.3 is 0 Å². The molecule has 0 saturated carbocycles. The highest BCUT2D eigenvalue weighted by Crippen LogP contribution is 2.22. The van der Waals surface area contributed by atoms with Crippen LogP contribution in [0.3, 0.4) is 0 Å². The van der Waals surface area contributed by atoms with E-state index in [1.54, 1.807) is 12.5 Å². The summed E-state index contributed by atoms with van der Waals surface area (Å²) in [5, 5.41) is 0. The highest BCUT2D eigenvalue weighted by Gasteiger charge is 2.01. The molecule has 78 valence electrons. The fourth-order valence-electron chi connectivity index (χ4n) is 1.31. The Morgan fingerprint density at radius 2 is 2.20 bits per heavy atom. The highest BCUT2D eigenvalue weighted by atomic mass is 79.9. The van der Waals surface area contributed by atoms with Crippen molar-refractivity contribution in [3.63, 3.8) is 0 Å². The van der Waals surface area contributed by atoms with Gasteiger partial charge in [0.15, 0.2) is 0 Å². The first kappa shape index (κ1) is 10.3. The summed E-state index contributed by atoms with van der Waals surface area (Å²) >= 11 is 3.42. The predicted molar refractivity (Wildman–Crippen MR) is 61.9 cm³/mol. The van der Waals surface area contributed by atoms with Crippen LogP contribution < -0.4 is 4.74 Å². The number of benzene rings is 1. The van der Waals surface area contributed by atoms with E-state index in [4.69, 9.17) is 9.15 Å². The summed E-state index contributed by atoms with van der Waals surface area (Å²) in [6.45, 7) is 2.56. The van der Waals surface area contributed by atoms with E-state index in [1.807, 2.05) is 31.2 Å². The van der Waals surface area contributed by atoms with Gasteiger partial charge in [0.1, 0.15) is 12.4 Å². The van der Waals surface area contributed by atoms with Gasteiger partial charge in [0.2, 0.25) is 0 Å². The fraction of sp³-hybridized carbons (Fsp3) is 0.167. The number of rotatable bonds is 3. The average molecular weight is 267 g/mol. The van der Waals surface area contributed by atoms with Crippen LogP contribution in [-0.2, 0) is 6.61 Å². The van der Waals surface area contributed by atoms with Gasteiger partial charge in [-0.2, -0.15) is 0 Å². The van der Waals surface area contributed by atoms with Gasteiger partial charge < -0.3 is 9.15 Å². The molecule has 0 unspecified atom stereocenters. The van der Waals surface area contributed by atoms with Crippen LogP contribution in [0.1, 0.15) is 11.1 Å². The summed E-state index contributed by atoms with van der Waals surface area (Å²) in [5.41, 5.74) is 2.16. The minimum absolute atomic E-state index is 0.541. The summed E-state index contributed by atoms with van der Waals surface area (Å²) in [7, 11) is 0. The SMILES string of the molecule is Cc1cc(Br)ccc1OCc1ccoc1. The minimum Gasteiger partial charge on any atom is -0.489 e. The van der Waals surface area contributed by atoms with Crippen molar-refractivity contribution in [3.05, 3.63) is 52.4 Å². The van der Waals surface area contributed by atoms with E-state index in [0.29, 0.717) is 6.61 Å². The Balaban J connectivity index is 2.05. The maximum atomic E-state index is 5.66. The molecule has 0 saturated heterocycles. The molecule has 0 aliphatic rings. The first-order valence-electron chi connectivity index (χ1n) is 4.66. The zero-order chi connectivity index (χ0) is 10.7. The van der Waals surface area contributed by atoms with Crippen LogP contribution in [0.5, 0.6) is 5.75 Å². The molecule has 0 radical (unpaired) electrons. The predicted octanol–water partition coefficient (Wildman–Crippen LogP) is 3.93. The molecule has 0 spiro atoms. The molecule has 0 fully saturated rings. The Hall–Kier alpha value is -1.22. The summed E-state index contributed by atoms with van der Waals surface area (Å²) < 4.78 is 11.7. The molecule has 1 heterocycles. The smallest absolute Gasteiger partial charge is 0.122 e. The van der Waals surface area contributed by atoms with Gasteiger partial charge in [-0.15, -0.1) is 0 Å². The molecule has 0 aliphatic heterocycles. The topological polar surface area (TPSA) is 22.4 Å². The molecule has 3 heteroatoms. The largest absolute Gasteiger partial charge is 0.489 e. The molecule has 0 amide bonds. The average Bonchev–Trinajstić information content (AvgIpc) is 2.69. The normalized spacial score (nSPS) is 10.3. The summed E-state index contributed by atoms with van der Waals surface area (Å²) in [6, 6.07) is 7.86. The van der Waals surface area contributed by atoms with Crippen molar-refractivity contribution in [2.24, 2.45) is 0 Å². The molecule has 2 aromatic rings. The van der Waals surface area contributed by atoms with Crippen LogP contribution in [0.2, 0.25) is 0 Å². The third-order valence-corrected chi connectivity index (χ3v) is 2.60. The van der Waals surface area contributed by atoms with Crippen molar-refractivity contribution in [1.29, 1.82) is 0 Å². The van der Waals surface area contributed by atoms with Crippen LogP contribution >= 0.6 is 15.9 Å². The second-order valence-corrected chi connectivity index (χ2v) is 4.25. The highest BCUT2D eigenvalue weighted by molar-refractivity contribution is 9.10. The van der Waals surface area contributed by atoms with E-state index in [1.165, 1.54) is 0 Å². The molecule has 15 heavy (non-hydrogen) atoms. The van der Waals surface area contributed by atoms with Gasteiger partial charge in [-0.1, -0.05) is 15.9 Å². The maximum Gasteiger partial charge on any atom is 0.122 e. The van der Waals surface area contributed by atoms with Crippen molar-refractivity contribution >= 4 is 15.9 Å². The molecule has 2 rings (SSSR count). The van der Waals surface area contributed by atoms with Crippen LogP contribution in [0.4, 0.5) is 0 Å². The van der Waals surface area contributed by atoms with Crippen molar-refractivity contribution in [2.75, 3.05) is 0 Å². The van der Waals surface area contributed by atoms with Crippen molar-refractivity contribution < 1.29 is 9.15 Å². The number of hydrogen-bond donors (Lipinski definition) is 0. The Labute approximate surface area is 97.0 Å². The maximum absolute atomic E-state index is 5.66. The Morgan fingerprint density at radius 1 is 1.33 bits per heavy atom. The quantitative estimate of drug-likeness (QED) is 0.840. The zero-order valence-electron chi connectivity index (χ0n) is 8.37. The van der Waals surface area contributed by atoms with Crippen molar-refractivity contribution in [1.82, 2.24) is 0 Å². The third-order valence-electron chi connectivity index (χ3n) is 2.11. The lowest BCUT2D eigenvalue weighted by Crippen LogP contribution is -1.95. The lowest BCUT2D eigenvalue weighted by molar-refractivity contribution is 0.302. The first-order valence-corrected chi connectivity index (χ1v) is 5.45. The van der Waals surface area contributed by atoms with Gasteiger partial charge in [0, 0.05) is 10.0 Å². The molecular weight excluding hydrogens is 256 g/mol. The van der Waals surface area contributed by atoms with Crippen molar-refractivity contribution in [2.45, 2.75) is 13.5 Å². The van der Waals surface area contributed by atoms with E-state index in [2.05, 4.69) is 15.9 Å². The molecule has 2 nitrogen and oxygen atoms in total. The van der Waals surface area contributed by atoms with Gasteiger partial charge in [-0.25, -0.2) is 0 Å². The van der Waals surface area contributed by atoms with Crippen LogP contribution in [0.25, 0.3) is 0 Å². The lowest BCUT2D eigenvalue weighted by atomic mass is 10.2. The fourth-order valence-corrected chi connectivity index (χ4v) is 1.79. The standard InChI is InChI=1S/C12H11BrO2/c1-9-6-11(13)2-3-12(9)15-8-10-4-5-14-7-10/h2-7H,8H2,1H3. The number of furan rings is 1. The summed E-state index contributed by atoms with van der Waals surface area (Å²) in [4.78, 5) is 0. The van der Waals surface area contributed by atoms with Crippen LogP contribution in [-0.4, -0.2) is 0 Å². The Bertz CT molecular complexity index is 435. The van der Waals surface area contributed by atoms with E-state index in [0.717, 1.165) is 21.3 Å². The molecule has 0 bridgehead atoms. The Morgan fingerprint density at radius 3 is 2.87 bits per heavy atom. The monoisotopic (exact) mass is 266 g/mol. The van der Waals surface area contributed by atoms with E-state index in [-0.39, 0.29) is 0 Å². The van der Waals surface area contributed by atoms with Gasteiger partial charge in [0.25, 0.3) is 0 Å². The minimum atomic E-state index is 0.541. The summed E-state index contributed by atoms with van der Waals surface area (Å²) in [6.07, 6.45) is 3.33. The molecule has 0 aliphatic carbocycles. The van der Waals surface area contributed by atoms with Gasteiger partial charge in [0.05, 0.1) is 12.5 Å². The van der Waals surface area contributed by atoms with E-state index in [9.17, 15) is 0 Å². The van der Waals surface area contributed by atoms with E-state index >= 15 is 0 Å². The first-order chi connectivity index (χ1) is 7.25. The molecule has 0 atom stereocenters. The number of ether oxygens (including phenoxy) is 1. The second kappa shape index (κ2) is 4.53. The van der Waals surface area contributed by atoms with Crippen molar-refractivity contribution in [3.8, 4) is 5.75 Å². The number of aryl methyl sites for hydroxylation is 1. The molecular formula is C12H11BrO2. The number of halogens is 1. The van der Waals surface area contributed by atoms with Crippen LogP contribution in [0, 0.1) is 6.92 Å². The molecule has 0 N–H and O–H groups in total.